The van der Waals surface area contributed by atoms with Crippen molar-refractivity contribution >= 4 is 33.2 Å². The van der Waals surface area contributed by atoms with Crippen LogP contribution in [0.5, 0.6) is 0 Å². The fourth-order valence-electron chi connectivity index (χ4n) is 1.05. The first-order valence-electron chi connectivity index (χ1n) is 4.40. The van der Waals surface area contributed by atoms with Gasteiger partial charge in [0.1, 0.15) is 0 Å². The van der Waals surface area contributed by atoms with Gasteiger partial charge >= 0.3 is 0 Å². The van der Waals surface area contributed by atoms with Crippen LogP contribution in [0.25, 0.3) is 0 Å². The highest BCUT2D eigenvalue weighted by Crippen LogP contribution is 2.21. The first-order valence-corrected chi connectivity index (χ1v) is 6.64. The minimum absolute atomic E-state index is 0.0427. The number of methoxy groups -OCH3 is 1. The van der Waals surface area contributed by atoms with Gasteiger partial charge in [0, 0.05) is 23.7 Å². The fourth-order valence-corrected chi connectivity index (χ4v) is 2.78. The lowest BCUT2D eigenvalue weighted by Gasteiger charge is -2.06. The van der Waals surface area contributed by atoms with Crippen LogP contribution in [0.15, 0.2) is 23.1 Å². The van der Waals surface area contributed by atoms with Crippen molar-refractivity contribution in [2.24, 2.45) is 0 Å². The highest BCUT2D eigenvalue weighted by atomic mass is 35.5. The second kappa shape index (κ2) is 5.84. The number of benzene rings is 1. The predicted octanol–water partition coefficient (Wildman–Crippen LogP) is 1.92. The number of halogens is 2. The number of hydrogen-bond donors (Lipinski definition) is 1. The van der Waals surface area contributed by atoms with E-state index in [0.29, 0.717) is 6.61 Å². The van der Waals surface area contributed by atoms with Crippen LogP contribution in [0.4, 0.5) is 0 Å². The Balaban J connectivity index is 2.89. The van der Waals surface area contributed by atoms with Crippen molar-refractivity contribution in [1.82, 2.24) is 4.72 Å². The maximum Gasteiger partial charge on any atom is 0.240 e. The standard InChI is InChI=1S/C9H11Cl2NO3S/c1-15-3-2-12-16(13,14)9-5-7(10)4-8(11)6-9/h4-6,12H,2-3H2,1H3. The Labute approximate surface area is 105 Å². The number of nitrogens with one attached hydrogen (secondary N) is 1. The SMILES string of the molecule is COCCNS(=O)(=O)c1cc(Cl)cc(Cl)c1. The average molecular weight is 284 g/mol. The quantitative estimate of drug-likeness (QED) is 0.840. The minimum atomic E-state index is -3.58. The monoisotopic (exact) mass is 283 g/mol. The topological polar surface area (TPSA) is 55.4 Å². The van der Waals surface area contributed by atoms with Crippen LogP contribution >= 0.6 is 23.2 Å². The van der Waals surface area contributed by atoms with Crippen LogP contribution in [-0.4, -0.2) is 28.7 Å². The van der Waals surface area contributed by atoms with Crippen LogP contribution < -0.4 is 4.72 Å². The van der Waals surface area contributed by atoms with Crippen LogP contribution in [0.1, 0.15) is 0 Å². The van der Waals surface area contributed by atoms with Gasteiger partial charge in [0.2, 0.25) is 10.0 Å². The van der Waals surface area contributed by atoms with E-state index in [0.717, 1.165) is 0 Å². The van der Waals surface area contributed by atoms with E-state index in [9.17, 15) is 8.42 Å². The summed E-state index contributed by atoms with van der Waals surface area (Å²) in [7, 11) is -2.09. The maximum absolute atomic E-state index is 11.7. The Hall–Kier alpha value is -0.330. The van der Waals surface area contributed by atoms with Gasteiger partial charge in [-0.1, -0.05) is 23.2 Å². The van der Waals surface area contributed by atoms with E-state index in [-0.39, 0.29) is 21.5 Å². The van der Waals surface area contributed by atoms with Gasteiger partial charge in [-0.05, 0) is 18.2 Å². The molecule has 0 amide bonds. The molecular weight excluding hydrogens is 273 g/mol. The van der Waals surface area contributed by atoms with E-state index < -0.39 is 10.0 Å². The third-order valence-corrected chi connectivity index (χ3v) is 3.62. The summed E-state index contributed by atoms with van der Waals surface area (Å²) >= 11 is 11.4. The molecule has 0 saturated carbocycles. The Morgan fingerprint density at radius 1 is 1.25 bits per heavy atom. The molecular formula is C9H11Cl2NO3S. The molecule has 0 aliphatic rings. The number of rotatable bonds is 5. The van der Waals surface area contributed by atoms with Gasteiger partial charge in [-0.3, -0.25) is 0 Å². The molecule has 4 nitrogen and oxygen atoms in total. The summed E-state index contributed by atoms with van der Waals surface area (Å²) in [6.45, 7) is 0.497. The molecule has 0 saturated heterocycles. The first-order chi connectivity index (χ1) is 7.45. The molecule has 0 spiro atoms. The van der Waals surface area contributed by atoms with E-state index in [2.05, 4.69) is 4.72 Å². The Bertz CT molecular complexity index is 442. The molecule has 1 aromatic carbocycles. The van der Waals surface area contributed by atoms with E-state index in [4.69, 9.17) is 27.9 Å². The van der Waals surface area contributed by atoms with Crippen molar-refractivity contribution in [3.8, 4) is 0 Å². The Kier molecular flexibility index (Phi) is 5.01. The van der Waals surface area contributed by atoms with Crippen molar-refractivity contribution in [3.63, 3.8) is 0 Å². The largest absolute Gasteiger partial charge is 0.383 e. The minimum Gasteiger partial charge on any atom is -0.383 e. The smallest absolute Gasteiger partial charge is 0.240 e. The molecule has 1 N–H and O–H groups in total. The summed E-state index contributed by atoms with van der Waals surface area (Å²) in [5.41, 5.74) is 0. The van der Waals surface area contributed by atoms with Crippen molar-refractivity contribution in [2.75, 3.05) is 20.3 Å². The lowest BCUT2D eigenvalue weighted by Crippen LogP contribution is -2.27. The number of ether oxygens (including phenoxy) is 1. The molecule has 0 aliphatic carbocycles. The van der Waals surface area contributed by atoms with Crippen molar-refractivity contribution in [3.05, 3.63) is 28.2 Å². The molecule has 0 aliphatic heterocycles. The zero-order valence-electron chi connectivity index (χ0n) is 8.54. The van der Waals surface area contributed by atoms with E-state index >= 15 is 0 Å². The molecule has 7 heteroatoms. The molecule has 1 rings (SSSR count). The molecule has 0 bridgehead atoms. The summed E-state index contributed by atoms with van der Waals surface area (Å²) in [6.07, 6.45) is 0. The lowest BCUT2D eigenvalue weighted by molar-refractivity contribution is 0.204. The zero-order valence-corrected chi connectivity index (χ0v) is 10.9. The molecule has 1 aromatic rings. The molecule has 0 aromatic heterocycles. The zero-order chi connectivity index (χ0) is 12.2. The highest BCUT2D eigenvalue weighted by molar-refractivity contribution is 7.89. The van der Waals surface area contributed by atoms with Crippen molar-refractivity contribution < 1.29 is 13.2 Å². The molecule has 0 heterocycles. The summed E-state index contributed by atoms with van der Waals surface area (Å²) in [5.74, 6) is 0. The Morgan fingerprint density at radius 2 is 1.81 bits per heavy atom. The fraction of sp³-hybridized carbons (Fsp3) is 0.333. The summed E-state index contributed by atoms with van der Waals surface area (Å²) in [4.78, 5) is 0.0427. The van der Waals surface area contributed by atoms with Crippen molar-refractivity contribution in [2.45, 2.75) is 4.90 Å². The Morgan fingerprint density at radius 3 is 2.31 bits per heavy atom. The van der Waals surface area contributed by atoms with Gasteiger partial charge in [-0.25, -0.2) is 13.1 Å². The van der Waals surface area contributed by atoms with Crippen LogP contribution in [0.3, 0.4) is 0 Å². The summed E-state index contributed by atoms with van der Waals surface area (Å²) in [6, 6.07) is 4.14. The van der Waals surface area contributed by atoms with Gasteiger partial charge in [0.25, 0.3) is 0 Å². The highest BCUT2D eigenvalue weighted by Gasteiger charge is 2.14. The molecule has 0 unspecified atom stereocenters. The second-order valence-corrected chi connectivity index (χ2v) is 5.64. The molecule has 90 valence electrons. The molecule has 16 heavy (non-hydrogen) atoms. The van der Waals surface area contributed by atoms with Gasteiger partial charge < -0.3 is 4.74 Å². The van der Waals surface area contributed by atoms with Gasteiger partial charge in [0.05, 0.1) is 11.5 Å². The summed E-state index contributed by atoms with van der Waals surface area (Å²) in [5, 5.41) is 0.555. The second-order valence-electron chi connectivity index (χ2n) is 3.00. The normalized spacial score (nSPS) is 11.7. The lowest BCUT2D eigenvalue weighted by atomic mass is 10.4. The van der Waals surface area contributed by atoms with Crippen LogP contribution in [-0.2, 0) is 14.8 Å². The number of hydrogen-bond acceptors (Lipinski definition) is 3. The van der Waals surface area contributed by atoms with Gasteiger partial charge in [0.15, 0.2) is 0 Å². The molecule has 0 radical (unpaired) electrons. The van der Waals surface area contributed by atoms with Crippen molar-refractivity contribution in [1.29, 1.82) is 0 Å². The third kappa shape index (κ3) is 3.92. The third-order valence-electron chi connectivity index (χ3n) is 1.74. The van der Waals surface area contributed by atoms with Crippen LogP contribution in [0.2, 0.25) is 10.0 Å². The number of sulfonamides is 1. The van der Waals surface area contributed by atoms with Gasteiger partial charge in [-0.2, -0.15) is 0 Å². The van der Waals surface area contributed by atoms with Crippen LogP contribution in [0, 0.1) is 0 Å². The first kappa shape index (κ1) is 13.7. The van der Waals surface area contributed by atoms with E-state index in [1.165, 1.54) is 25.3 Å². The predicted molar refractivity (Wildman–Crippen MR) is 63.5 cm³/mol. The van der Waals surface area contributed by atoms with Gasteiger partial charge in [-0.15, -0.1) is 0 Å². The molecule has 0 fully saturated rings. The maximum atomic E-state index is 11.7. The average Bonchev–Trinajstić information content (AvgIpc) is 2.16. The summed E-state index contributed by atoms with van der Waals surface area (Å²) < 4.78 is 30.6. The molecule has 0 atom stereocenters. The van der Waals surface area contributed by atoms with E-state index in [1.807, 2.05) is 0 Å². The van der Waals surface area contributed by atoms with E-state index in [1.54, 1.807) is 0 Å².